The van der Waals surface area contributed by atoms with E-state index in [2.05, 4.69) is 20.0 Å². The summed E-state index contributed by atoms with van der Waals surface area (Å²) in [7, 11) is 0. The summed E-state index contributed by atoms with van der Waals surface area (Å²) < 4.78 is 4.29. The third kappa shape index (κ3) is 3.88. The summed E-state index contributed by atoms with van der Waals surface area (Å²) >= 11 is 1.06. The van der Waals surface area contributed by atoms with E-state index in [0.717, 1.165) is 11.5 Å². The lowest BCUT2D eigenvalue weighted by Gasteiger charge is -2.09. The predicted molar refractivity (Wildman–Crippen MR) is 86.8 cm³/mol. The van der Waals surface area contributed by atoms with Crippen molar-refractivity contribution in [2.24, 2.45) is 5.92 Å². The maximum Gasteiger partial charge on any atom is 0.265 e. The highest BCUT2D eigenvalue weighted by Gasteiger charge is 2.22. The van der Waals surface area contributed by atoms with Crippen LogP contribution in [0.2, 0.25) is 0 Å². The van der Waals surface area contributed by atoms with Gasteiger partial charge in [-0.2, -0.15) is 4.37 Å². The Morgan fingerprint density at radius 1 is 1.32 bits per heavy atom. The lowest BCUT2D eigenvalue weighted by atomic mass is 10.2. The van der Waals surface area contributed by atoms with Crippen LogP contribution in [0.5, 0.6) is 0 Å². The van der Waals surface area contributed by atoms with Crippen LogP contribution in [0.3, 0.4) is 0 Å². The van der Waals surface area contributed by atoms with E-state index in [-0.39, 0.29) is 11.8 Å². The highest BCUT2D eigenvalue weighted by Crippen LogP contribution is 2.32. The molecular weight excluding hydrogens is 300 g/mol. The van der Waals surface area contributed by atoms with E-state index in [0.29, 0.717) is 34.4 Å². The van der Waals surface area contributed by atoms with Gasteiger partial charge in [0.05, 0.1) is 11.4 Å². The van der Waals surface area contributed by atoms with Crippen molar-refractivity contribution in [3.8, 4) is 11.4 Å². The molecule has 22 heavy (non-hydrogen) atoms. The van der Waals surface area contributed by atoms with Gasteiger partial charge in [0.15, 0.2) is 0 Å². The van der Waals surface area contributed by atoms with Gasteiger partial charge in [0.1, 0.15) is 10.6 Å². The molecule has 2 amide bonds. The molecule has 0 spiro atoms. The molecule has 2 aromatic rings. The molecule has 0 aliphatic carbocycles. The van der Waals surface area contributed by atoms with Crippen molar-refractivity contribution in [2.75, 3.05) is 11.9 Å². The third-order valence-corrected chi connectivity index (χ3v) is 3.62. The Bertz CT molecular complexity index is 667. The first kappa shape index (κ1) is 16.1. The first-order valence-corrected chi connectivity index (χ1v) is 7.73. The van der Waals surface area contributed by atoms with Crippen molar-refractivity contribution in [1.82, 2.24) is 14.7 Å². The number of rotatable bonds is 5. The summed E-state index contributed by atoms with van der Waals surface area (Å²) in [4.78, 5) is 28.3. The van der Waals surface area contributed by atoms with Gasteiger partial charge in [-0.05, 0) is 29.6 Å². The number of carbonyl (C=O) groups is 2. The minimum atomic E-state index is -0.254. The maximum atomic E-state index is 12.3. The molecule has 0 aliphatic rings. The normalized spacial score (nSPS) is 10.5. The minimum Gasteiger partial charge on any atom is -0.351 e. The van der Waals surface area contributed by atoms with E-state index in [9.17, 15) is 9.59 Å². The van der Waals surface area contributed by atoms with Crippen LogP contribution in [-0.4, -0.2) is 27.7 Å². The molecule has 7 heteroatoms. The largest absolute Gasteiger partial charge is 0.351 e. The SMILES string of the molecule is CC(=O)Nc1c(-c2ccccn2)nsc1C(=O)NCC(C)C. The van der Waals surface area contributed by atoms with E-state index >= 15 is 0 Å². The predicted octanol–water partition coefficient (Wildman–Crippen LogP) is 2.55. The van der Waals surface area contributed by atoms with Crippen LogP contribution >= 0.6 is 11.5 Å². The van der Waals surface area contributed by atoms with Crippen molar-refractivity contribution in [3.63, 3.8) is 0 Å². The fourth-order valence-corrected chi connectivity index (χ4v) is 2.55. The Hall–Kier alpha value is -2.28. The molecule has 2 aromatic heterocycles. The average Bonchev–Trinajstić information content (AvgIpc) is 2.88. The zero-order valence-electron chi connectivity index (χ0n) is 12.7. The quantitative estimate of drug-likeness (QED) is 0.887. The first-order valence-electron chi connectivity index (χ1n) is 6.96. The fourth-order valence-electron chi connectivity index (χ4n) is 1.79. The first-order chi connectivity index (χ1) is 10.5. The zero-order chi connectivity index (χ0) is 16.1. The number of carbonyl (C=O) groups excluding carboxylic acids is 2. The topological polar surface area (TPSA) is 84.0 Å². The molecule has 2 rings (SSSR count). The van der Waals surface area contributed by atoms with E-state index in [1.807, 2.05) is 19.9 Å². The molecule has 2 N–H and O–H groups in total. The van der Waals surface area contributed by atoms with Crippen LogP contribution in [0.4, 0.5) is 5.69 Å². The monoisotopic (exact) mass is 318 g/mol. The zero-order valence-corrected chi connectivity index (χ0v) is 13.5. The summed E-state index contributed by atoms with van der Waals surface area (Å²) in [6.07, 6.45) is 1.64. The Labute approximate surface area is 133 Å². The van der Waals surface area contributed by atoms with Gasteiger partial charge in [-0.3, -0.25) is 14.6 Å². The smallest absolute Gasteiger partial charge is 0.265 e. The lowest BCUT2D eigenvalue weighted by molar-refractivity contribution is -0.114. The highest BCUT2D eigenvalue weighted by atomic mass is 32.1. The molecule has 116 valence electrons. The number of anilines is 1. The molecule has 0 saturated heterocycles. The van der Waals surface area contributed by atoms with Crippen LogP contribution in [0.1, 0.15) is 30.4 Å². The van der Waals surface area contributed by atoms with Gasteiger partial charge in [0.2, 0.25) is 5.91 Å². The molecule has 0 fully saturated rings. The summed E-state index contributed by atoms with van der Waals surface area (Å²) in [6.45, 7) is 5.99. The van der Waals surface area contributed by atoms with Crippen molar-refractivity contribution in [2.45, 2.75) is 20.8 Å². The van der Waals surface area contributed by atoms with Crippen molar-refractivity contribution < 1.29 is 9.59 Å². The lowest BCUT2D eigenvalue weighted by Crippen LogP contribution is -2.27. The second-order valence-corrected chi connectivity index (χ2v) is 6.01. The summed E-state index contributed by atoms with van der Waals surface area (Å²) in [5, 5.41) is 5.53. The summed E-state index contributed by atoms with van der Waals surface area (Å²) in [5.74, 6) is -0.149. The molecule has 0 aliphatic heterocycles. The second-order valence-electron chi connectivity index (χ2n) is 5.24. The molecule has 0 unspecified atom stereocenters. The van der Waals surface area contributed by atoms with Crippen LogP contribution < -0.4 is 10.6 Å². The number of amides is 2. The summed E-state index contributed by atoms with van der Waals surface area (Å²) in [6, 6.07) is 5.41. The third-order valence-electron chi connectivity index (χ3n) is 2.78. The van der Waals surface area contributed by atoms with Crippen LogP contribution in [0.25, 0.3) is 11.4 Å². The standard InChI is InChI=1S/C15H18N4O2S/c1-9(2)8-17-15(21)14-13(18-10(3)20)12(19-22-14)11-6-4-5-7-16-11/h4-7,9H,8H2,1-3H3,(H,17,21)(H,18,20). The van der Waals surface area contributed by atoms with Crippen molar-refractivity contribution >= 4 is 29.0 Å². The number of hydrogen-bond acceptors (Lipinski definition) is 5. The van der Waals surface area contributed by atoms with Gasteiger partial charge >= 0.3 is 0 Å². The molecule has 0 atom stereocenters. The Morgan fingerprint density at radius 3 is 2.68 bits per heavy atom. The highest BCUT2D eigenvalue weighted by molar-refractivity contribution is 7.09. The molecule has 0 bridgehead atoms. The van der Waals surface area contributed by atoms with E-state index in [4.69, 9.17) is 0 Å². The van der Waals surface area contributed by atoms with E-state index in [1.165, 1.54) is 6.92 Å². The average molecular weight is 318 g/mol. The Kier molecular flexibility index (Phi) is 5.21. The molecule has 2 heterocycles. The number of nitrogens with zero attached hydrogens (tertiary/aromatic N) is 2. The van der Waals surface area contributed by atoms with Crippen LogP contribution in [0, 0.1) is 5.92 Å². The number of nitrogens with one attached hydrogen (secondary N) is 2. The molecule has 0 aromatic carbocycles. The van der Waals surface area contributed by atoms with E-state index < -0.39 is 0 Å². The van der Waals surface area contributed by atoms with Gasteiger partial charge in [0, 0.05) is 19.7 Å². The maximum absolute atomic E-state index is 12.3. The molecular formula is C15H18N4O2S. The minimum absolute atomic E-state index is 0.239. The van der Waals surface area contributed by atoms with Gasteiger partial charge in [-0.25, -0.2) is 0 Å². The van der Waals surface area contributed by atoms with Gasteiger partial charge in [-0.15, -0.1) is 0 Å². The molecule has 0 saturated carbocycles. The van der Waals surface area contributed by atoms with Crippen LogP contribution in [-0.2, 0) is 4.79 Å². The van der Waals surface area contributed by atoms with Crippen molar-refractivity contribution in [1.29, 1.82) is 0 Å². The number of pyridine rings is 1. The van der Waals surface area contributed by atoms with Gasteiger partial charge in [0.25, 0.3) is 5.91 Å². The van der Waals surface area contributed by atoms with Gasteiger partial charge < -0.3 is 10.6 Å². The Balaban J connectivity index is 2.36. The molecule has 6 nitrogen and oxygen atoms in total. The van der Waals surface area contributed by atoms with Crippen molar-refractivity contribution in [3.05, 3.63) is 29.3 Å². The second kappa shape index (κ2) is 7.13. The summed E-state index contributed by atoms with van der Waals surface area (Å²) in [5.41, 5.74) is 1.54. The number of hydrogen-bond donors (Lipinski definition) is 2. The number of aromatic nitrogens is 2. The molecule has 0 radical (unpaired) electrons. The van der Waals surface area contributed by atoms with Gasteiger partial charge in [-0.1, -0.05) is 19.9 Å². The Morgan fingerprint density at radius 2 is 2.09 bits per heavy atom. The van der Waals surface area contributed by atoms with Crippen LogP contribution in [0.15, 0.2) is 24.4 Å². The van der Waals surface area contributed by atoms with E-state index in [1.54, 1.807) is 18.3 Å². The fraction of sp³-hybridized carbons (Fsp3) is 0.333.